The molecule has 11 heavy (non-hydrogen) atoms. The van der Waals surface area contributed by atoms with Gasteiger partial charge >= 0.3 is 0 Å². The summed E-state index contributed by atoms with van der Waals surface area (Å²) in [6, 6.07) is 2.60. The molecule has 0 aliphatic carbocycles. The summed E-state index contributed by atoms with van der Waals surface area (Å²) < 4.78 is 0.836. The van der Waals surface area contributed by atoms with Gasteiger partial charge in [-0.15, -0.1) is 4.73 Å². The molecule has 0 bridgehead atoms. The number of aromatic nitrogens is 1. The average Bonchev–Trinajstić information content (AvgIpc) is 2.18. The largest absolute Gasteiger partial charge is 0.492 e. The molecule has 0 radical (unpaired) electrons. The van der Waals surface area contributed by atoms with Gasteiger partial charge in [-0.1, -0.05) is 0 Å². The molecule has 0 atom stereocenters. The van der Waals surface area contributed by atoms with Crippen molar-refractivity contribution in [1.82, 2.24) is 4.73 Å². The van der Waals surface area contributed by atoms with Crippen LogP contribution in [0.2, 0.25) is 0 Å². The lowest BCUT2D eigenvalue weighted by Gasteiger charge is -2.04. The van der Waals surface area contributed by atoms with Gasteiger partial charge < -0.3 is 15.1 Å². The van der Waals surface area contributed by atoms with E-state index >= 15 is 0 Å². The van der Waals surface area contributed by atoms with Crippen molar-refractivity contribution in [1.29, 1.82) is 0 Å². The molecule has 4 nitrogen and oxygen atoms in total. The second-order valence-electron chi connectivity index (χ2n) is 1.93. The minimum Gasteiger partial charge on any atom is -0.492 e. The van der Waals surface area contributed by atoms with Crippen LogP contribution in [-0.2, 0) is 0 Å². The Kier molecular flexibility index (Phi) is 2.00. The first-order chi connectivity index (χ1) is 5.11. The zero-order valence-electron chi connectivity index (χ0n) is 5.81. The second kappa shape index (κ2) is 2.79. The molecule has 0 amide bonds. The van der Waals surface area contributed by atoms with E-state index in [1.807, 2.05) is 0 Å². The quantitative estimate of drug-likeness (QED) is 0.613. The predicted molar refractivity (Wildman–Crippen MR) is 42.6 cm³/mol. The second-order valence-corrected chi connectivity index (χ2v) is 2.50. The topological polar surface area (TPSA) is 54.6 Å². The molecule has 1 rings (SSSR count). The van der Waals surface area contributed by atoms with Crippen molar-refractivity contribution in [2.45, 2.75) is 6.92 Å². The molecule has 0 aromatic carbocycles. The summed E-state index contributed by atoms with van der Waals surface area (Å²) in [5.74, 6) is -0.376. The van der Waals surface area contributed by atoms with Gasteiger partial charge in [0.05, 0.1) is 0 Å². The van der Waals surface area contributed by atoms with E-state index in [2.05, 4.69) is 12.2 Å². The molecule has 5 heteroatoms. The zero-order valence-corrected chi connectivity index (χ0v) is 6.63. The van der Waals surface area contributed by atoms with Gasteiger partial charge in [-0.2, -0.15) is 0 Å². The molecule has 0 saturated carbocycles. The van der Waals surface area contributed by atoms with Crippen LogP contribution in [0.3, 0.4) is 0 Å². The van der Waals surface area contributed by atoms with Crippen molar-refractivity contribution in [3.8, 4) is 11.8 Å². The van der Waals surface area contributed by atoms with Crippen molar-refractivity contribution in [3.05, 3.63) is 12.1 Å². The van der Waals surface area contributed by atoms with Gasteiger partial charge in [-0.05, 0) is 12.2 Å². The molecule has 0 saturated heterocycles. The summed E-state index contributed by atoms with van der Waals surface area (Å²) in [5, 5.41) is 18.2. The number of hydrogen-bond acceptors (Lipinski definition) is 4. The number of hydrogen-bond donors (Lipinski definition) is 2. The average molecular weight is 173 g/mol. The first-order valence-electron chi connectivity index (χ1n) is 2.90. The Morgan fingerprint density at radius 3 is 2.27 bits per heavy atom. The Bertz CT molecular complexity index is 262. The summed E-state index contributed by atoms with van der Waals surface area (Å²) in [6.07, 6.45) is 0. The minimum atomic E-state index is -0.188. The lowest BCUT2D eigenvalue weighted by Crippen LogP contribution is -2.13. The number of aromatic hydroxyl groups is 2. The maximum Gasteiger partial charge on any atom is 0.229 e. The van der Waals surface area contributed by atoms with Crippen LogP contribution in [0, 0.1) is 0 Å². The number of thiocarbonyl (C=S) groups is 1. The van der Waals surface area contributed by atoms with Gasteiger partial charge in [0.25, 0.3) is 0 Å². The number of nitrogens with zero attached hydrogens (tertiary/aromatic N) is 1. The van der Waals surface area contributed by atoms with Gasteiger partial charge in [0.15, 0.2) is 5.05 Å². The SMILES string of the molecule is CC(=S)On1c(O)ccc1O. The monoisotopic (exact) mass is 173 g/mol. The maximum atomic E-state index is 9.00. The van der Waals surface area contributed by atoms with Crippen LogP contribution in [0.5, 0.6) is 11.8 Å². The molecule has 0 aliphatic rings. The zero-order chi connectivity index (χ0) is 8.43. The Morgan fingerprint density at radius 2 is 1.91 bits per heavy atom. The summed E-state index contributed by atoms with van der Waals surface area (Å²) in [7, 11) is 0. The van der Waals surface area contributed by atoms with E-state index < -0.39 is 0 Å². The molecule has 0 unspecified atom stereocenters. The lowest BCUT2D eigenvalue weighted by molar-refractivity contribution is 0.191. The van der Waals surface area contributed by atoms with Gasteiger partial charge in [-0.3, -0.25) is 0 Å². The first kappa shape index (κ1) is 7.87. The molecule has 1 aromatic heterocycles. The van der Waals surface area contributed by atoms with Crippen molar-refractivity contribution < 1.29 is 15.1 Å². The van der Waals surface area contributed by atoms with Crippen molar-refractivity contribution >= 4 is 17.3 Å². The smallest absolute Gasteiger partial charge is 0.229 e. The fraction of sp³-hybridized carbons (Fsp3) is 0.167. The Hall–Kier alpha value is -1.23. The highest BCUT2D eigenvalue weighted by atomic mass is 32.1. The van der Waals surface area contributed by atoms with Crippen LogP contribution in [0.25, 0.3) is 0 Å². The van der Waals surface area contributed by atoms with Crippen LogP contribution in [-0.4, -0.2) is 20.0 Å². The summed E-state index contributed by atoms with van der Waals surface area (Å²) in [6.45, 7) is 1.54. The molecule has 1 aromatic rings. The predicted octanol–water partition coefficient (Wildman–Crippen LogP) is 0.675. The fourth-order valence-corrected chi connectivity index (χ4v) is 0.698. The summed E-state index contributed by atoms with van der Waals surface area (Å²) in [4.78, 5) is 4.76. The van der Waals surface area contributed by atoms with E-state index in [4.69, 9.17) is 15.1 Å². The Balaban J connectivity index is 2.92. The molecular formula is C6H7NO3S. The van der Waals surface area contributed by atoms with Crippen LogP contribution in [0.1, 0.15) is 6.92 Å². The van der Waals surface area contributed by atoms with Gasteiger partial charge in [0.1, 0.15) is 0 Å². The van der Waals surface area contributed by atoms with Crippen molar-refractivity contribution in [2.75, 3.05) is 0 Å². The third-order valence-corrected chi connectivity index (χ3v) is 1.09. The van der Waals surface area contributed by atoms with E-state index in [0.29, 0.717) is 0 Å². The molecule has 1 heterocycles. The van der Waals surface area contributed by atoms with Crippen LogP contribution >= 0.6 is 12.2 Å². The minimum absolute atomic E-state index is 0.188. The molecular weight excluding hydrogens is 166 g/mol. The highest BCUT2D eigenvalue weighted by Gasteiger charge is 2.06. The van der Waals surface area contributed by atoms with Gasteiger partial charge in [-0.25, -0.2) is 0 Å². The molecule has 0 aliphatic heterocycles. The fourth-order valence-electron chi connectivity index (χ4n) is 0.624. The van der Waals surface area contributed by atoms with E-state index in [1.54, 1.807) is 0 Å². The highest BCUT2D eigenvalue weighted by molar-refractivity contribution is 7.80. The lowest BCUT2D eigenvalue weighted by atomic mass is 10.6. The Labute approximate surface area is 68.6 Å². The summed E-state index contributed by atoms with van der Waals surface area (Å²) in [5.41, 5.74) is 0. The summed E-state index contributed by atoms with van der Waals surface area (Å²) >= 11 is 4.60. The third kappa shape index (κ3) is 1.62. The third-order valence-electron chi connectivity index (χ3n) is 1.02. The van der Waals surface area contributed by atoms with Gasteiger partial charge in [0, 0.05) is 19.1 Å². The van der Waals surface area contributed by atoms with Crippen molar-refractivity contribution in [2.24, 2.45) is 0 Å². The van der Waals surface area contributed by atoms with Crippen molar-refractivity contribution in [3.63, 3.8) is 0 Å². The van der Waals surface area contributed by atoms with Crippen LogP contribution in [0.15, 0.2) is 12.1 Å². The van der Waals surface area contributed by atoms with E-state index in [-0.39, 0.29) is 16.8 Å². The molecule has 60 valence electrons. The normalized spacial score (nSPS) is 9.55. The number of rotatable bonds is 1. The van der Waals surface area contributed by atoms with Crippen LogP contribution < -0.4 is 4.84 Å². The van der Waals surface area contributed by atoms with E-state index in [9.17, 15) is 0 Å². The molecule has 0 fully saturated rings. The van der Waals surface area contributed by atoms with E-state index in [1.165, 1.54) is 19.1 Å². The Morgan fingerprint density at radius 1 is 1.45 bits per heavy atom. The molecule has 0 spiro atoms. The van der Waals surface area contributed by atoms with Gasteiger partial charge in [0.2, 0.25) is 11.8 Å². The van der Waals surface area contributed by atoms with E-state index in [0.717, 1.165) is 4.73 Å². The molecule has 2 N–H and O–H groups in total. The standard InChI is InChI=1S/C6H7NO3S/c1-4(11)10-7-5(8)2-3-6(7)9/h2-3,8-9H,1H3. The van der Waals surface area contributed by atoms with Crippen LogP contribution in [0.4, 0.5) is 0 Å². The highest BCUT2D eigenvalue weighted by Crippen LogP contribution is 2.18. The maximum absolute atomic E-state index is 9.00. The first-order valence-corrected chi connectivity index (χ1v) is 3.30.